The monoisotopic (exact) mass is 444 g/mol. The third kappa shape index (κ3) is 6.29. The molecule has 2 fully saturated rings. The summed E-state index contributed by atoms with van der Waals surface area (Å²) in [5.41, 5.74) is 0.498. The zero-order valence-electron chi connectivity index (χ0n) is 18.2. The van der Waals surface area contributed by atoms with Gasteiger partial charge in [-0.15, -0.1) is 0 Å². The van der Waals surface area contributed by atoms with Gasteiger partial charge >= 0.3 is 0 Å². The Morgan fingerprint density at radius 2 is 1.81 bits per heavy atom. The Morgan fingerprint density at radius 3 is 2.50 bits per heavy atom. The van der Waals surface area contributed by atoms with Gasteiger partial charge in [-0.3, -0.25) is 24.4 Å². The molecule has 4 amide bonds. The van der Waals surface area contributed by atoms with Gasteiger partial charge in [0, 0.05) is 12.1 Å². The lowest BCUT2D eigenvalue weighted by Crippen LogP contribution is -2.51. The summed E-state index contributed by atoms with van der Waals surface area (Å²) in [5.74, 6) is -0.964. The Morgan fingerprint density at radius 1 is 1.09 bits per heavy atom. The first-order valence-corrected chi connectivity index (χ1v) is 11.3. The number of benzene rings is 1. The van der Waals surface area contributed by atoms with Gasteiger partial charge in [0.2, 0.25) is 18.2 Å². The molecule has 0 aromatic heterocycles. The van der Waals surface area contributed by atoms with Crippen LogP contribution >= 0.6 is 0 Å². The van der Waals surface area contributed by atoms with Gasteiger partial charge in [-0.05, 0) is 37.3 Å². The fourth-order valence-electron chi connectivity index (χ4n) is 4.73. The molecule has 1 saturated carbocycles. The molecule has 174 valence electrons. The van der Waals surface area contributed by atoms with E-state index in [0.717, 1.165) is 25.7 Å². The van der Waals surface area contributed by atoms with Crippen molar-refractivity contribution in [1.82, 2.24) is 20.6 Å². The average Bonchev–Trinajstić information content (AvgIpc) is 3.50. The molecule has 0 spiro atoms. The van der Waals surface area contributed by atoms with Gasteiger partial charge in [0.25, 0.3) is 5.91 Å². The number of hydrogen-bond acceptors (Lipinski definition) is 5. The predicted molar refractivity (Wildman–Crippen MR) is 116 cm³/mol. The van der Waals surface area contributed by atoms with Gasteiger partial charge in [-0.1, -0.05) is 43.9 Å². The minimum atomic E-state index is -0.620. The first kappa shape index (κ1) is 23.7. The lowest BCUT2D eigenvalue weighted by Gasteiger charge is -2.30. The van der Waals surface area contributed by atoms with Gasteiger partial charge in [-0.25, -0.2) is 5.06 Å². The van der Waals surface area contributed by atoms with Crippen LogP contribution in [-0.4, -0.2) is 65.1 Å². The number of nitrogens with zero attached hydrogens (tertiary/aromatic N) is 2. The van der Waals surface area contributed by atoms with Crippen molar-refractivity contribution in [2.24, 2.45) is 11.8 Å². The maximum atomic E-state index is 13.3. The SMILES string of the molecule is O=CN(O)C[C@@H](CC1CCCC1)C(=O)N1CCC[C@H]1C(=O)NCNC(=O)c1ccccc1. The molecule has 0 bridgehead atoms. The summed E-state index contributed by atoms with van der Waals surface area (Å²) in [6.07, 6.45) is 6.49. The Hall–Kier alpha value is -2.94. The summed E-state index contributed by atoms with van der Waals surface area (Å²) < 4.78 is 0. The van der Waals surface area contributed by atoms with Crippen LogP contribution in [0, 0.1) is 11.8 Å². The first-order valence-electron chi connectivity index (χ1n) is 11.3. The van der Waals surface area contributed by atoms with Crippen molar-refractivity contribution in [3.63, 3.8) is 0 Å². The second-order valence-electron chi connectivity index (χ2n) is 8.59. The topological polar surface area (TPSA) is 119 Å². The highest BCUT2D eigenvalue weighted by Gasteiger charge is 2.38. The van der Waals surface area contributed by atoms with E-state index < -0.39 is 12.0 Å². The van der Waals surface area contributed by atoms with Crippen molar-refractivity contribution in [3.05, 3.63) is 35.9 Å². The first-order chi connectivity index (χ1) is 15.5. The summed E-state index contributed by atoms with van der Waals surface area (Å²) in [7, 11) is 0. The normalized spacial score (nSPS) is 19.4. The van der Waals surface area contributed by atoms with E-state index >= 15 is 0 Å². The van der Waals surface area contributed by atoms with Crippen LogP contribution in [0.15, 0.2) is 30.3 Å². The van der Waals surface area contributed by atoms with Gasteiger partial charge in [0.15, 0.2) is 0 Å². The molecular formula is C23H32N4O5. The van der Waals surface area contributed by atoms with Crippen LogP contribution < -0.4 is 10.6 Å². The number of carbonyl (C=O) groups is 4. The van der Waals surface area contributed by atoms with E-state index in [-0.39, 0.29) is 30.9 Å². The maximum Gasteiger partial charge on any atom is 0.252 e. The molecule has 1 aromatic rings. The zero-order chi connectivity index (χ0) is 22.9. The Bertz CT molecular complexity index is 797. The summed E-state index contributed by atoms with van der Waals surface area (Å²) in [4.78, 5) is 50.6. The van der Waals surface area contributed by atoms with Crippen LogP contribution in [0.2, 0.25) is 0 Å². The van der Waals surface area contributed by atoms with E-state index in [2.05, 4.69) is 10.6 Å². The van der Waals surface area contributed by atoms with E-state index in [4.69, 9.17) is 0 Å². The molecule has 1 saturated heterocycles. The quantitative estimate of drug-likeness (QED) is 0.219. The molecule has 2 atom stereocenters. The largest absolute Gasteiger partial charge is 0.337 e. The fraction of sp³-hybridized carbons (Fsp3) is 0.565. The Labute approximate surface area is 188 Å². The van der Waals surface area contributed by atoms with Gasteiger partial charge in [0.1, 0.15) is 6.04 Å². The van der Waals surface area contributed by atoms with Crippen molar-refractivity contribution in [2.75, 3.05) is 19.8 Å². The third-order valence-corrected chi connectivity index (χ3v) is 6.36. The number of hydrogen-bond donors (Lipinski definition) is 3. The van der Waals surface area contributed by atoms with Gasteiger partial charge in [-0.2, -0.15) is 0 Å². The molecular weight excluding hydrogens is 412 g/mol. The highest BCUT2D eigenvalue weighted by molar-refractivity contribution is 5.94. The standard InChI is InChI=1S/C23H32N4O5/c28-16-26(32)14-19(13-17-7-4-5-8-17)23(31)27-12-6-11-20(27)22(30)25-15-24-21(29)18-9-2-1-3-10-18/h1-3,9-10,16-17,19-20,32H,4-8,11-15H2,(H,24,29)(H,25,30)/t19-,20+/m1/s1. The van der Waals surface area contributed by atoms with Gasteiger partial charge < -0.3 is 15.5 Å². The second-order valence-corrected chi connectivity index (χ2v) is 8.59. The van der Waals surface area contributed by atoms with Crippen LogP contribution in [0.5, 0.6) is 0 Å². The lowest BCUT2D eigenvalue weighted by molar-refractivity contribution is -0.158. The van der Waals surface area contributed by atoms with E-state index in [0.29, 0.717) is 48.8 Å². The Kier molecular flexibility index (Phi) is 8.61. The van der Waals surface area contributed by atoms with Crippen molar-refractivity contribution in [1.29, 1.82) is 0 Å². The van der Waals surface area contributed by atoms with E-state index in [1.54, 1.807) is 29.2 Å². The summed E-state index contributed by atoms with van der Waals surface area (Å²) in [6.45, 7) is 0.351. The summed E-state index contributed by atoms with van der Waals surface area (Å²) >= 11 is 0. The molecule has 1 heterocycles. The summed E-state index contributed by atoms with van der Waals surface area (Å²) in [5, 5.41) is 15.6. The molecule has 1 aliphatic heterocycles. The average molecular weight is 445 g/mol. The van der Waals surface area contributed by atoms with Crippen LogP contribution in [-0.2, 0) is 14.4 Å². The number of rotatable bonds is 10. The molecule has 1 aliphatic carbocycles. The van der Waals surface area contributed by atoms with Crippen molar-refractivity contribution in [3.8, 4) is 0 Å². The zero-order valence-corrected chi connectivity index (χ0v) is 18.2. The van der Waals surface area contributed by atoms with Crippen LogP contribution in [0.4, 0.5) is 0 Å². The highest BCUT2D eigenvalue weighted by atomic mass is 16.5. The van der Waals surface area contributed by atoms with Crippen LogP contribution in [0.3, 0.4) is 0 Å². The highest BCUT2D eigenvalue weighted by Crippen LogP contribution is 2.32. The van der Waals surface area contributed by atoms with E-state index in [1.807, 2.05) is 6.07 Å². The lowest BCUT2D eigenvalue weighted by atomic mass is 9.91. The molecule has 0 radical (unpaired) electrons. The molecule has 9 heteroatoms. The number of amides is 4. The predicted octanol–water partition coefficient (Wildman–Crippen LogP) is 1.53. The number of likely N-dealkylation sites (tertiary alicyclic amines) is 1. The van der Waals surface area contributed by atoms with Crippen molar-refractivity contribution >= 4 is 24.1 Å². The number of nitrogens with one attached hydrogen (secondary N) is 2. The minimum absolute atomic E-state index is 0.0356. The number of hydroxylamine groups is 2. The molecule has 1 aromatic carbocycles. The molecule has 3 N–H and O–H groups in total. The minimum Gasteiger partial charge on any atom is -0.337 e. The fourth-order valence-corrected chi connectivity index (χ4v) is 4.73. The third-order valence-electron chi connectivity index (χ3n) is 6.36. The molecule has 9 nitrogen and oxygen atoms in total. The van der Waals surface area contributed by atoms with Crippen LogP contribution in [0.25, 0.3) is 0 Å². The van der Waals surface area contributed by atoms with E-state index in [1.165, 1.54) is 0 Å². The molecule has 0 unspecified atom stereocenters. The van der Waals surface area contributed by atoms with Crippen molar-refractivity contribution < 1.29 is 24.4 Å². The second kappa shape index (κ2) is 11.6. The maximum absolute atomic E-state index is 13.3. The smallest absolute Gasteiger partial charge is 0.252 e. The Balaban J connectivity index is 1.56. The molecule has 3 rings (SSSR count). The van der Waals surface area contributed by atoms with Crippen LogP contribution in [0.1, 0.15) is 55.3 Å². The van der Waals surface area contributed by atoms with Gasteiger partial charge in [0.05, 0.1) is 19.1 Å². The molecule has 32 heavy (non-hydrogen) atoms. The van der Waals surface area contributed by atoms with Crippen molar-refractivity contribution in [2.45, 2.75) is 51.0 Å². The molecule has 2 aliphatic rings. The summed E-state index contributed by atoms with van der Waals surface area (Å²) in [6, 6.07) is 8.08. The number of carbonyl (C=O) groups excluding carboxylic acids is 4. The van der Waals surface area contributed by atoms with E-state index in [9.17, 15) is 24.4 Å².